The van der Waals surface area contributed by atoms with Gasteiger partial charge in [-0.25, -0.2) is 4.99 Å². The Kier molecular flexibility index (Phi) is 5.73. The maximum atomic E-state index is 13.9. The molecule has 4 nitrogen and oxygen atoms in total. The topological polar surface area (TPSA) is 47.5 Å². The van der Waals surface area contributed by atoms with E-state index in [1.165, 1.54) is 22.5 Å². The van der Waals surface area contributed by atoms with Gasteiger partial charge in [0.2, 0.25) is 0 Å². The number of furan rings is 1. The van der Waals surface area contributed by atoms with Gasteiger partial charge in [-0.1, -0.05) is 89.1 Å². The quantitative estimate of drug-likeness (QED) is 0.244. The summed E-state index contributed by atoms with van der Waals surface area (Å²) in [5.74, 6) is 1.23. The Morgan fingerprint density at radius 3 is 2.58 bits per heavy atom. The first-order valence-corrected chi connectivity index (χ1v) is 13.9. The van der Waals surface area contributed by atoms with Crippen molar-refractivity contribution in [3.05, 3.63) is 143 Å². The maximum Gasteiger partial charge on any atom is 0.271 e. The summed E-state index contributed by atoms with van der Waals surface area (Å²) in [7, 11) is 0. The van der Waals surface area contributed by atoms with Gasteiger partial charge in [0, 0.05) is 17.2 Å². The maximum absolute atomic E-state index is 13.9. The van der Waals surface area contributed by atoms with Crippen LogP contribution < -0.4 is 14.9 Å². The molecule has 1 atom stereocenters. The summed E-state index contributed by atoms with van der Waals surface area (Å²) in [4.78, 5) is 19.6. The molecule has 0 unspecified atom stereocenters. The van der Waals surface area contributed by atoms with Crippen molar-refractivity contribution in [1.82, 2.24) is 4.57 Å². The summed E-state index contributed by atoms with van der Waals surface area (Å²) in [6.07, 6.45) is 3.59. The highest BCUT2D eigenvalue weighted by Gasteiger charge is 2.32. The van der Waals surface area contributed by atoms with Crippen LogP contribution in [0.5, 0.6) is 0 Å². The number of rotatable bonds is 3. The van der Waals surface area contributed by atoms with Crippen molar-refractivity contribution in [2.45, 2.75) is 18.9 Å². The smallest absolute Gasteiger partial charge is 0.271 e. The molecule has 3 aromatic carbocycles. The molecular formula is C31H20Cl2N2O2S. The van der Waals surface area contributed by atoms with Crippen molar-refractivity contribution < 1.29 is 4.42 Å². The van der Waals surface area contributed by atoms with Crippen molar-refractivity contribution in [3.63, 3.8) is 0 Å². The fourth-order valence-electron chi connectivity index (χ4n) is 5.32. The normalized spacial score (nSPS) is 16.6. The highest BCUT2D eigenvalue weighted by atomic mass is 35.5. The van der Waals surface area contributed by atoms with Crippen molar-refractivity contribution in [1.29, 1.82) is 0 Å². The Hall–Kier alpha value is -3.64. The summed E-state index contributed by atoms with van der Waals surface area (Å²) < 4.78 is 8.49. The van der Waals surface area contributed by atoms with Gasteiger partial charge in [0.05, 0.1) is 26.3 Å². The van der Waals surface area contributed by atoms with Crippen LogP contribution in [0.1, 0.15) is 34.9 Å². The summed E-state index contributed by atoms with van der Waals surface area (Å²) in [5, 5.41) is 0.948. The van der Waals surface area contributed by atoms with E-state index in [1.54, 1.807) is 18.2 Å². The third-order valence-corrected chi connectivity index (χ3v) is 8.81. The first kappa shape index (κ1) is 23.5. The third kappa shape index (κ3) is 3.90. The molecule has 38 heavy (non-hydrogen) atoms. The molecule has 0 spiro atoms. The average Bonchev–Trinajstić information content (AvgIpc) is 3.54. The second kappa shape index (κ2) is 9.28. The van der Waals surface area contributed by atoms with Gasteiger partial charge in [-0.3, -0.25) is 9.36 Å². The summed E-state index contributed by atoms with van der Waals surface area (Å²) in [6.45, 7) is 0. The van der Waals surface area contributed by atoms with E-state index in [4.69, 9.17) is 32.6 Å². The van der Waals surface area contributed by atoms with Gasteiger partial charge in [0.1, 0.15) is 11.5 Å². The average molecular weight is 555 g/mol. The number of allylic oxidation sites excluding steroid dienone is 1. The molecule has 7 heteroatoms. The van der Waals surface area contributed by atoms with Crippen LogP contribution in [0, 0.1) is 0 Å². The zero-order chi connectivity index (χ0) is 25.8. The molecule has 5 aromatic rings. The fourth-order valence-corrected chi connectivity index (χ4v) is 6.60. The van der Waals surface area contributed by atoms with E-state index >= 15 is 0 Å². The molecule has 1 aliphatic carbocycles. The molecule has 0 amide bonds. The number of nitrogens with zero attached hydrogens (tertiary/aromatic N) is 2. The van der Waals surface area contributed by atoms with Crippen LogP contribution in [0.3, 0.4) is 0 Å². The number of hydrogen-bond donors (Lipinski definition) is 0. The van der Waals surface area contributed by atoms with E-state index in [1.807, 2.05) is 41.0 Å². The lowest BCUT2D eigenvalue weighted by atomic mass is 9.83. The lowest BCUT2D eigenvalue weighted by Gasteiger charge is -2.30. The van der Waals surface area contributed by atoms with Crippen LogP contribution in [-0.2, 0) is 6.42 Å². The van der Waals surface area contributed by atoms with Gasteiger partial charge in [-0.2, -0.15) is 0 Å². The van der Waals surface area contributed by atoms with Gasteiger partial charge >= 0.3 is 0 Å². The second-order valence-corrected chi connectivity index (χ2v) is 11.2. The lowest BCUT2D eigenvalue weighted by molar-refractivity contribution is 0.570. The molecule has 0 radical (unpaired) electrons. The zero-order valence-electron chi connectivity index (χ0n) is 20.0. The zero-order valence-corrected chi connectivity index (χ0v) is 22.4. The molecular weight excluding hydrogens is 535 g/mol. The van der Waals surface area contributed by atoms with E-state index in [9.17, 15) is 4.79 Å². The van der Waals surface area contributed by atoms with E-state index in [-0.39, 0.29) is 11.6 Å². The van der Waals surface area contributed by atoms with E-state index in [2.05, 4.69) is 36.4 Å². The predicted molar refractivity (Wildman–Crippen MR) is 153 cm³/mol. The van der Waals surface area contributed by atoms with Crippen molar-refractivity contribution in [2.24, 2.45) is 4.99 Å². The summed E-state index contributed by atoms with van der Waals surface area (Å²) in [5.41, 5.74) is 6.47. The van der Waals surface area contributed by atoms with Crippen LogP contribution in [0.25, 0.3) is 23.1 Å². The van der Waals surface area contributed by atoms with Crippen LogP contribution in [0.15, 0.2) is 105 Å². The number of aromatic nitrogens is 1. The summed E-state index contributed by atoms with van der Waals surface area (Å²) in [6, 6.07) is 27.6. The van der Waals surface area contributed by atoms with Gasteiger partial charge in [-0.05, 0) is 59.9 Å². The van der Waals surface area contributed by atoms with Gasteiger partial charge < -0.3 is 4.42 Å². The molecule has 2 aromatic heterocycles. The highest BCUT2D eigenvalue weighted by Crippen LogP contribution is 2.41. The van der Waals surface area contributed by atoms with Gasteiger partial charge in [-0.15, -0.1) is 0 Å². The highest BCUT2D eigenvalue weighted by molar-refractivity contribution is 7.07. The van der Waals surface area contributed by atoms with Crippen LogP contribution in [0.4, 0.5) is 0 Å². The number of thiazole rings is 1. The first-order valence-electron chi connectivity index (χ1n) is 12.3. The minimum absolute atomic E-state index is 0.0690. The van der Waals surface area contributed by atoms with Crippen molar-refractivity contribution in [2.75, 3.05) is 0 Å². The van der Waals surface area contributed by atoms with Crippen molar-refractivity contribution >= 4 is 46.3 Å². The molecule has 0 fully saturated rings. The molecule has 0 N–H and O–H groups in total. The number of fused-ring (bicyclic) bond motifs is 3. The molecule has 0 saturated carbocycles. The molecule has 7 rings (SSSR count). The fraction of sp³-hybridized carbons (Fsp3) is 0.0968. The molecule has 0 bridgehead atoms. The lowest BCUT2D eigenvalue weighted by Crippen LogP contribution is -2.38. The third-order valence-electron chi connectivity index (χ3n) is 7.09. The standard InChI is InChI=1S/C31H20Cl2N2O2S/c32-24-14-11-20(16-25(24)33)26-15-12-21(37-26)17-27-30(36)35-29(19-7-2-1-3-8-19)23-13-10-18-6-4-5-9-22(18)28(23)34-31(35)38-27/h1-9,11-12,14-17,29H,10,13H2/b27-17+/t29-/m0/s1. The van der Waals surface area contributed by atoms with Gasteiger partial charge in [0.15, 0.2) is 4.80 Å². The minimum Gasteiger partial charge on any atom is -0.457 e. The molecule has 2 aliphatic rings. The predicted octanol–water partition coefficient (Wildman–Crippen LogP) is 6.89. The van der Waals surface area contributed by atoms with E-state index in [0.29, 0.717) is 30.9 Å². The molecule has 3 heterocycles. The summed E-state index contributed by atoms with van der Waals surface area (Å²) >= 11 is 13.6. The Balaban J connectivity index is 1.39. The van der Waals surface area contributed by atoms with Crippen molar-refractivity contribution in [3.8, 4) is 11.3 Å². The van der Waals surface area contributed by atoms with Crippen LogP contribution in [-0.4, -0.2) is 4.57 Å². The second-order valence-electron chi connectivity index (χ2n) is 9.36. The van der Waals surface area contributed by atoms with Crippen LogP contribution in [0.2, 0.25) is 10.0 Å². The van der Waals surface area contributed by atoms with E-state index < -0.39 is 0 Å². The minimum atomic E-state index is -0.193. The largest absolute Gasteiger partial charge is 0.457 e. The molecule has 186 valence electrons. The SMILES string of the molecule is O=c1/c(=C\c2ccc(-c3ccc(Cl)c(Cl)c3)o2)sc2n1[C@@H](c1ccccc1)C1=C(N=2)c2ccccc2CC1. The Morgan fingerprint density at radius 2 is 1.74 bits per heavy atom. The number of aryl methyl sites for hydroxylation is 1. The Morgan fingerprint density at radius 1 is 0.921 bits per heavy atom. The number of hydrogen-bond acceptors (Lipinski definition) is 4. The molecule has 0 saturated heterocycles. The molecule has 1 aliphatic heterocycles. The van der Waals surface area contributed by atoms with E-state index in [0.717, 1.165) is 35.2 Å². The first-order chi connectivity index (χ1) is 18.6. The van der Waals surface area contributed by atoms with Crippen LogP contribution >= 0.6 is 34.5 Å². The van der Waals surface area contributed by atoms with Gasteiger partial charge in [0.25, 0.3) is 5.56 Å². The monoisotopic (exact) mass is 554 g/mol. The number of benzene rings is 3. The Labute approximate surface area is 232 Å². The number of halogens is 2. The Bertz CT molecular complexity index is 1930.